The topological polar surface area (TPSA) is 18.5 Å². The van der Waals surface area contributed by atoms with Crippen molar-refractivity contribution in [3.8, 4) is 0 Å². The molecule has 2 saturated carbocycles. The summed E-state index contributed by atoms with van der Waals surface area (Å²) in [6.45, 7) is 1.78. The summed E-state index contributed by atoms with van der Waals surface area (Å²) in [6.07, 6.45) is 13.3. The molecule has 0 aromatic carbocycles. The van der Waals surface area contributed by atoms with Gasteiger partial charge in [-0.2, -0.15) is 0 Å². The zero-order valence-electron chi connectivity index (χ0n) is 11.5. The summed E-state index contributed by atoms with van der Waals surface area (Å²) >= 11 is 0. The average Bonchev–Trinajstić information content (AvgIpc) is 3.27. The molecule has 3 aliphatic rings. The Morgan fingerprint density at radius 2 is 2.06 bits per heavy atom. The fourth-order valence-corrected chi connectivity index (χ4v) is 3.03. The van der Waals surface area contributed by atoms with Crippen molar-refractivity contribution in [1.29, 1.82) is 0 Å². The van der Waals surface area contributed by atoms with Gasteiger partial charge in [0.25, 0.3) is 0 Å². The SMILES string of the molecule is C(CCOC1CCCCO1)CCC1CC1=C1CC1. The van der Waals surface area contributed by atoms with Gasteiger partial charge in [0, 0.05) is 13.2 Å². The van der Waals surface area contributed by atoms with Gasteiger partial charge in [0.2, 0.25) is 0 Å². The van der Waals surface area contributed by atoms with Gasteiger partial charge in [-0.15, -0.1) is 0 Å². The third-order valence-electron chi connectivity index (χ3n) is 4.39. The van der Waals surface area contributed by atoms with Crippen LogP contribution in [0.3, 0.4) is 0 Å². The van der Waals surface area contributed by atoms with Gasteiger partial charge in [-0.3, -0.25) is 0 Å². The maximum absolute atomic E-state index is 5.74. The Morgan fingerprint density at radius 1 is 1.11 bits per heavy atom. The molecule has 1 heterocycles. The smallest absolute Gasteiger partial charge is 0.157 e. The van der Waals surface area contributed by atoms with E-state index in [1.807, 2.05) is 5.57 Å². The number of hydrogen-bond donors (Lipinski definition) is 0. The van der Waals surface area contributed by atoms with E-state index in [1.54, 1.807) is 5.57 Å². The molecular formula is C16H26O2. The van der Waals surface area contributed by atoms with Crippen LogP contribution in [0.2, 0.25) is 0 Å². The lowest BCUT2D eigenvalue weighted by Crippen LogP contribution is -2.22. The van der Waals surface area contributed by atoms with E-state index in [0.29, 0.717) is 0 Å². The van der Waals surface area contributed by atoms with E-state index < -0.39 is 0 Å². The fraction of sp³-hybridized carbons (Fsp3) is 0.875. The Morgan fingerprint density at radius 3 is 2.83 bits per heavy atom. The quantitative estimate of drug-likeness (QED) is 0.498. The third kappa shape index (κ3) is 3.83. The first kappa shape index (κ1) is 12.7. The molecule has 102 valence electrons. The first-order chi connectivity index (χ1) is 8.93. The summed E-state index contributed by atoms with van der Waals surface area (Å²) in [6, 6.07) is 0. The maximum atomic E-state index is 5.74. The molecule has 1 aliphatic heterocycles. The first-order valence-electron chi connectivity index (χ1n) is 7.87. The summed E-state index contributed by atoms with van der Waals surface area (Å²) in [5.74, 6) is 0.991. The highest BCUT2D eigenvalue weighted by Gasteiger charge is 2.34. The second-order valence-electron chi connectivity index (χ2n) is 6.05. The normalized spacial score (nSPS) is 30.7. The second-order valence-corrected chi connectivity index (χ2v) is 6.05. The molecule has 2 unspecified atom stereocenters. The van der Waals surface area contributed by atoms with Crippen LogP contribution in [0.5, 0.6) is 0 Å². The van der Waals surface area contributed by atoms with Crippen molar-refractivity contribution in [3.05, 3.63) is 11.1 Å². The number of allylic oxidation sites excluding steroid dienone is 2. The van der Waals surface area contributed by atoms with E-state index in [-0.39, 0.29) is 6.29 Å². The lowest BCUT2D eigenvalue weighted by molar-refractivity contribution is -0.162. The predicted molar refractivity (Wildman–Crippen MR) is 72.4 cm³/mol. The van der Waals surface area contributed by atoms with Gasteiger partial charge in [-0.05, 0) is 57.3 Å². The molecular weight excluding hydrogens is 224 g/mol. The van der Waals surface area contributed by atoms with E-state index in [2.05, 4.69) is 0 Å². The van der Waals surface area contributed by atoms with E-state index in [1.165, 1.54) is 57.8 Å². The largest absolute Gasteiger partial charge is 0.353 e. The van der Waals surface area contributed by atoms with Crippen molar-refractivity contribution in [2.45, 2.75) is 70.5 Å². The monoisotopic (exact) mass is 250 g/mol. The minimum atomic E-state index is 0.105. The van der Waals surface area contributed by atoms with Gasteiger partial charge in [-0.25, -0.2) is 0 Å². The molecule has 2 atom stereocenters. The molecule has 3 rings (SSSR count). The van der Waals surface area contributed by atoms with Crippen LogP contribution in [-0.2, 0) is 9.47 Å². The highest BCUT2D eigenvalue weighted by atomic mass is 16.7. The summed E-state index contributed by atoms with van der Waals surface area (Å²) < 4.78 is 11.3. The van der Waals surface area contributed by atoms with Gasteiger partial charge in [-0.1, -0.05) is 24.0 Å². The van der Waals surface area contributed by atoms with Gasteiger partial charge < -0.3 is 9.47 Å². The molecule has 0 radical (unpaired) electrons. The Labute approximate surface area is 111 Å². The molecule has 18 heavy (non-hydrogen) atoms. The van der Waals surface area contributed by atoms with Crippen LogP contribution in [0.1, 0.15) is 64.2 Å². The number of hydrogen-bond acceptors (Lipinski definition) is 2. The zero-order valence-corrected chi connectivity index (χ0v) is 11.5. The van der Waals surface area contributed by atoms with Crippen molar-refractivity contribution < 1.29 is 9.47 Å². The molecule has 0 aromatic heterocycles. The number of ether oxygens (including phenoxy) is 2. The molecule has 0 spiro atoms. The van der Waals surface area contributed by atoms with Crippen molar-refractivity contribution in [2.24, 2.45) is 5.92 Å². The van der Waals surface area contributed by atoms with Crippen LogP contribution < -0.4 is 0 Å². The van der Waals surface area contributed by atoms with Gasteiger partial charge in [0.05, 0.1) is 0 Å². The highest BCUT2D eigenvalue weighted by Crippen LogP contribution is 2.50. The predicted octanol–water partition coefficient (Wildman–Crippen LogP) is 4.20. The molecule has 1 saturated heterocycles. The van der Waals surface area contributed by atoms with Crippen LogP contribution in [0.15, 0.2) is 11.1 Å². The molecule has 0 bridgehead atoms. The van der Waals surface area contributed by atoms with Gasteiger partial charge in [0.1, 0.15) is 0 Å². The lowest BCUT2D eigenvalue weighted by atomic mass is 10.1. The molecule has 2 aliphatic carbocycles. The van der Waals surface area contributed by atoms with Crippen LogP contribution in [0, 0.1) is 5.92 Å². The second kappa shape index (κ2) is 6.21. The number of unbranched alkanes of at least 4 members (excludes halogenated alkanes) is 2. The summed E-state index contributed by atoms with van der Waals surface area (Å²) in [5.41, 5.74) is 3.64. The Hall–Kier alpha value is -0.340. The van der Waals surface area contributed by atoms with Gasteiger partial charge >= 0.3 is 0 Å². The van der Waals surface area contributed by atoms with E-state index in [9.17, 15) is 0 Å². The Kier molecular flexibility index (Phi) is 4.37. The fourth-order valence-electron chi connectivity index (χ4n) is 3.03. The minimum absolute atomic E-state index is 0.105. The van der Waals surface area contributed by atoms with Crippen molar-refractivity contribution in [1.82, 2.24) is 0 Å². The van der Waals surface area contributed by atoms with Gasteiger partial charge in [0.15, 0.2) is 6.29 Å². The molecule has 3 fully saturated rings. The number of rotatable bonds is 7. The summed E-state index contributed by atoms with van der Waals surface area (Å²) in [5, 5.41) is 0. The molecule has 2 nitrogen and oxygen atoms in total. The van der Waals surface area contributed by atoms with Crippen molar-refractivity contribution in [2.75, 3.05) is 13.2 Å². The first-order valence-corrected chi connectivity index (χ1v) is 7.87. The summed E-state index contributed by atoms with van der Waals surface area (Å²) in [7, 11) is 0. The van der Waals surface area contributed by atoms with Crippen LogP contribution in [0.25, 0.3) is 0 Å². The van der Waals surface area contributed by atoms with E-state index >= 15 is 0 Å². The minimum Gasteiger partial charge on any atom is -0.353 e. The van der Waals surface area contributed by atoms with Crippen LogP contribution >= 0.6 is 0 Å². The highest BCUT2D eigenvalue weighted by molar-refractivity contribution is 5.36. The molecule has 0 amide bonds. The zero-order chi connectivity index (χ0) is 12.2. The standard InChI is InChI=1S/C16H26O2/c1(2-6-14-12-15(14)13-8-9-13)4-10-17-16-7-3-5-11-18-16/h14,16H,1-12H2. The Bertz CT molecular complexity index is 296. The molecule has 2 heteroatoms. The molecule has 0 N–H and O–H groups in total. The lowest BCUT2D eigenvalue weighted by Gasteiger charge is -2.22. The van der Waals surface area contributed by atoms with Crippen LogP contribution in [-0.4, -0.2) is 19.5 Å². The van der Waals surface area contributed by atoms with Crippen molar-refractivity contribution in [3.63, 3.8) is 0 Å². The van der Waals surface area contributed by atoms with Crippen molar-refractivity contribution >= 4 is 0 Å². The van der Waals surface area contributed by atoms with Crippen LogP contribution in [0.4, 0.5) is 0 Å². The molecule has 0 aromatic rings. The Balaban J connectivity index is 1.16. The maximum Gasteiger partial charge on any atom is 0.157 e. The summed E-state index contributed by atoms with van der Waals surface area (Å²) in [4.78, 5) is 0. The third-order valence-corrected chi connectivity index (χ3v) is 4.39. The van der Waals surface area contributed by atoms with E-state index in [4.69, 9.17) is 9.47 Å². The average molecular weight is 250 g/mol. The van der Waals surface area contributed by atoms with E-state index in [0.717, 1.165) is 25.6 Å².